The van der Waals surface area contributed by atoms with E-state index in [-0.39, 0.29) is 5.84 Å². The fourth-order valence-corrected chi connectivity index (χ4v) is 1.20. The van der Waals surface area contributed by atoms with Gasteiger partial charge in [0.1, 0.15) is 5.54 Å². The van der Waals surface area contributed by atoms with Crippen LogP contribution in [0.5, 0.6) is 0 Å². The fourth-order valence-electron chi connectivity index (χ4n) is 1.20. The summed E-state index contributed by atoms with van der Waals surface area (Å²) < 4.78 is 0.486. The predicted molar refractivity (Wildman–Crippen MR) is 44.9 cm³/mol. The molecule has 1 rings (SSSR count). The molecule has 1 heterocycles. The molecule has 0 fully saturated rings. The largest absolute Gasteiger partial charge is 0.714 e. The van der Waals surface area contributed by atoms with Gasteiger partial charge in [0.25, 0.3) is 0 Å². The van der Waals surface area contributed by atoms with Crippen LogP contribution in [0.3, 0.4) is 0 Å². The molecule has 1 radical (unpaired) electrons. The number of nitrogens with zero attached hydrogens (tertiary/aromatic N) is 3. The zero-order valence-corrected chi connectivity index (χ0v) is 8.16. The Morgan fingerprint density at radius 1 is 1.46 bits per heavy atom. The Hall–Kier alpha value is -1.28. The van der Waals surface area contributed by atoms with E-state index in [0.717, 1.165) is 0 Å². The van der Waals surface area contributed by atoms with E-state index in [9.17, 15) is 10.4 Å². The van der Waals surface area contributed by atoms with Crippen molar-refractivity contribution in [1.82, 2.24) is 5.06 Å². The van der Waals surface area contributed by atoms with Gasteiger partial charge in [0.15, 0.2) is 11.6 Å². The maximum atomic E-state index is 11.5. The smallest absolute Gasteiger partial charge is 0.389 e. The van der Waals surface area contributed by atoms with Crippen molar-refractivity contribution in [3.05, 3.63) is 5.21 Å². The summed E-state index contributed by atoms with van der Waals surface area (Å²) in [7, 11) is 0. The molecule has 0 amide bonds. The molecular weight excluding hydrogens is 170 g/mol. The summed E-state index contributed by atoms with van der Waals surface area (Å²) in [5.74, 6) is -0.366. The molecule has 1 aliphatic heterocycles. The third-order valence-corrected chi connectivity index (χ3v) is 3.00. The van der Waals surface area contributed by atoms with Gasteiger partial charge in [-0.25, -0.2) is 4.74 Å². The first-order valence-electron chi connectivity index (χ1n) is 3.98. The third-order valence-electron chi connectivity index (χ3n) is 3.00. The second kappa shape index (κ2) is 2.36. The molecule has 0 aromatic heterocycles. The quantitative estimate of drug-likeness (QED) is 0.407. The standard InChI is InChI=1S/C8H12N3O2/c1-7(2)8(3,4)11(13)6(5-9)10(7)12/h1-4H3. The Balaban J connectivity index is 3.32. The summed E-state index contributed by atoms with van der Waals surface area (Å²) in [6.07, 6.45) is 0. The zero-order chi connectivity index (χ0) is 10.4. The summed E-state index contributed by atoms with van der Waals surface area (Å²) in [5.41, 5.74) is -1.75. The summed E-state index contributed by atoms with van der Waals surface area (Å²) in [6, 6.07) is 1.62. The summed E-state index contributed by atoms with van der Waals surface area (Å²) in [6.45, 7) is 6.59. The first-order chi connectivity index (χ1) is 5.76. The number of rotatable bonds is 0. The van der Waals surface area contributed by atoms with E-state index < -0.39 is 11.1 Å². The maximum Gasteiger partial charge on any atom is 0.389 e. The average Bonchev–Trinajstić information content (AvgIpc) is 2.13. The molecule has 5 heteroatoms. The molecule has 0 unspecified atom stereocenters. The van der Waals surface area contributed by atoms with Crippen molar-refractivity contribution in [2.75, 3.05) is 0 Å². The van der Waals surface area contributed by atoms with Crippen molar-refractivity contribution in [2.45, 2.75) is 38.8 Å². The second-order valence-corrected chi connectivity index (χ2v) is 4.14. The lowest BCUT2D eigenvalue weighted by Gasteiger charge is -2.32. The average molecular weight is 182 g/mol. The van der Waals surface area contributed by atoms with Crippen LogP contribution in [0.2, 0.25) is 0 Å². The van der Waals surface area contributed by atoms with Crippen LogP contribution < -0.4 is 0 Å². The van der Waals surface area contributed by atoms with Crippen molar-refractivity contribution in [3.63, 3.8) is 0 Å². The first-order valence-corrected chi connectivity index (χ1v) is 3.98. The molecule has 0 saturated heterocycles. The lowest BCUT2D eigenvalue weighted by Crippen LogP contribution is -2.53. The molecule has 0 aliphatic carbocycles. The second-order valence-electron chi connectivity index (χ2n) is 4.14. The van der Waals surface area contributed by atoms with Crippen LogP contribution in [-0.4, -0.2) is 26.7 Å². The van der Waals surface area contributed by atoms with E-state index in [1.807, 2.05) is 0 Å². The van der Waals surface area contributed by atoms with E-state index >= 15 is 0 Å². The topological polar surface area (TPSA) is 73.0 Å². The Morgan fingerprint density at radius 3 is 2.08 bits per heavy atom. The molecule has 0 aromatic rings. The molecule has 0 bridgehead atoms. The summed E-state index contributed by atoms with van der Waals surface area (Å²) in [5, 5.41) is 32.1. The highest BCUT2D eigenvalue weighted by Crippen LogP contribution is 2.35. The molecule has 0 aromatic carbocycles. The van der Waals surface area contributed by atoms with Crippen LogP contribution in [0.1, 0.15) is 27.7 Å². The minimum atomic E-state index is -0.875. The van der Waals surface area contributed by atoms with Crippen molar-refractivity contribution < 1.29 is 9.95 Å². The maximum absolute atomic E-state index is 11.5. The fraction of sp³-hybridized carbons (Fsp3) is 0.750. The van der Waals surface area contributed by atoms with Gasteiger partial charge in [0, 0.05) is 5.21 Å². The molecular formula is C8H12N3O2. The molecule has 0 spiro atoms. The minimum Gasteiger partial charge on any atom is -0.714 e. The first kappa shape index (κ1) is 9.81. The SMILES string of the molecule is CC1(C)N([O])C(C#N)=[N+]([O-])C1(C)C. The molecule has 1 aliphatic rings. The van der Waals surface area contributed by atoms with Crippen LogP contribution in [-0.2, 0) is 5.21 Å². The van der Waals surface area contributed by atoms with Gasteiger partial charge in [0.2, 0.25) is 0 Å². The van der Waals surface area contributed by atoms with Gasteiger partial charge in [-0.05, 0) is 27.7 Å². The van der Waals surface area contributed by atoms with Crippen LogP contribution in [0.4, 0.5) is 0 Å². The Labute approximate surface area is 77.0 Å². The molecule has 5 nitrogen and oxygen atoms in total. The van der Waals surface area contributed by atoms with Crippen molar-refractivity contribution >= 4 is 5.84 Å². The minimum absolute atomic E-state index is 0.366. The number of hydroxylamine groups is 3. The molecule has 0 saturated carbocycles. The van der Waals surface area contributed by atoms with Crippen LogP contribution in [0.25, 0.3) is 0 Å². The zero-order valence-electron chi connectivity index (χ0n) is 8.16. The number of hydrogen-bond donors (Lipinski definition) is 0. The normalized spacial score (nSPS) is 24.8. The molecule has 71 valence electrons. The van der Waals surface area contributed by atoms with Crippen LogP contribution in [0, 0.1) is 16.5 Å². The summed E-state index contributed by atoms with van der Waals surface area (Å²) >= 11 is 0. The number of nitriles is 1. The van der Waals surface area contributed by atoms with Gasteiger partial charge < -0.3 is 5.21 Å². The van der Waals surface area contributed by atoms with Gasteiger partial charge >= 0.3 is 5.84 Å². The molecule has 13 heavy (non-hydrogen) atoms. The van der Waals surface area contributed by atoms with Gasteiger partial charge in [-0.1, -0.05) is 5.06 Å². The van der Waals surface area contributed by atoms with E-state index in [2.05, 4.69) is 0 Å². The number of hydrogen-bond acceptors (Lipinski definition) is 3. The Kier molecular flexibility index (Phi) is 1.78. The Morgan fingerprint density at radius 2 is 1.92 bits per heavy atom. The Bertz CT molecular complexity index is 312. The van der Waals surface area contributed by atoms with E-state index in [0.29, 0.717) is 9.80 Å². The highest BCUT2D eigenvalue weighted by Gasteiger charge is 2.59. The lowest BCUT2D eigenvalue weighted by atomic mass is 9.84. The lowest BCUT2D eigenvalue weighted by molar-refractivity contribution is -0.539. The molecule has 0 N–H and O–H groups in total. The van der Waals surface area contributed by atoms with E-state index in [1.54, 1.807) is 33.8 Å². The van der Waals surface area contributed by atoms with E-state index in [4.69, 9.17) is 5.26 Å². The van der Waals surface area contributed by atoms with Gasteiger partial charge in [-0.2, -0.15) is 5.26 Å². The number of amidine groups is 1. The van der Waals surface area contributed by atoms with Gasteiger partial charge in [0.05, 0.1) is 0 Å². The monoisotopic (exact) mass is 182 g/mol. The van der Waals surface area contributed by atoms with Crippen molar-refractivity contribution in [2.24, 2.45) is 0 Å². The molecule has 0 atom stereocenters. The van der Waals surface area contributed by atoms with Crippen LogP contribution in [0.15, 0.2) is 0 Å². The predicted octanol–water partition coefficient (Wildman–Crippen LogP) is 0.637. The third kappa shape index (κ3) is 0.923. The highest BCUT2D eigenvalue weighted by atomic mass is 16.5. The van der Waals surface area contributed by atoms with Crippen molar-refractivity contribution in [1.29, 1.82) is 5.26 Å². The van der Waals surface area contributed by atoms with E-state index in [1.165, 1.54) is 0 Å². The van der Waals surface area contributed by atoms with Gasteiger partial charge in [-0.3, -0.25) is 0 Å². The van der Waals surface area contributed by atoms with Gasteiger partial charge in [-0.15, -0.1) is 0 Å². The van der Waals surface area contributed by atoms with Crippen LogP contribution >= 0.6 is 0 Å². The summed E-state index contributed by atoms with van der Waals surface area (Å²) in [4.78, 5) is 0. The van der Waals surface area contributed by atoms with Crippen molar-refractivity contribution in [3.8, 4) is 6.07 Å². The highest BCUT2D eigenvalue weighted by molar-refractivity contribution is 5.93.